The summed E-state index contributed by atoms with van der Waals surface area (Å²) in [4.78, 5) is 16.5. The van der Waals surface area contributed by atoms with E-state index in [0.717, 1.165) is 30.1 Å². The number of hydrogen-bond donors (Lipinski definition) is 0. The highest BCUT2D eigenvalue weighted by atomic mass is 16.2. The first kappa shape index (κ1) is 13.7. The molecule has 23 heavy (non-hydrogen) atoms. The lowest BCUT2D eigenvalue weighted by Crippen LogP contribution is -2.49. The molecule has 1 fully saturated rings. The van der Waals surface area contributed by atoms with Crippen molar-refractivity contribution >= 4 is 17.4 Å². The van der Waals surface area contributed by atoms with Gasteiger partial charge >= 0.3 is 0 Å². The van der Waals surface area contributed by atoms with Gasteiger partial charge in [-0.3, -0.25) is 4.79 Å². The van der Waals surface area contributed by atoms with Crippen LogP contribution >= 0.6 is 0 Å². The molecule has 7 nitrogen and oxygen atoms in total. The van der Waals surface area contributed by atoms with E-state index in [0.29, 0.717) is 13.1 Å². The number of nitrogens with zero attached hydrogens (tertiary/aromatic N) is 6. The van der Waals surface area contributed by atoms with Crippen molar-refractivity contribution in [2.24, 2.45) is 0 Å². The van der Waals surface area contributed by atoms with E-state index in [1.54, 1.807) is 10.8 Å². The summed E-state index contributed by atoms with van der Waals surface area (Å²) in [5, 5.41) is 12.3. The molecule has 1 aliphatic heterocycles. The molecule has 1 aliphatic rings. The average molecular weight is 308 g/mol. The Bertz CT molecular complexity index is 823. The second kappa shape index (κ2) is 5.68. The lowest BCUT2D eigenvalue weighted by molar-refractivity contribution is 0.0746. The molecule has 0 radical (unpaired) electrons. The largest absolute Gasteiger partial charge is 0.352 e. The number of benzene rings is 1. The highest BCUT2D eigenvalue weighted by Gasteiger charge is 2.22. The summed E-state index contributed by atoms with van der Waals surface area (Å²) in [6.07, 6.45) is 1.59. The number of aromatic nitrogens is 4. The van der Waals surface area contributed by atoms with E-state index in [9.17, 15) is 4.79 Å². The molecule has 0 aliphatic carbocycles. The molecular formula is C16H16N6O. The number of carbonyl (C=O) groups excluding carboxylic acids is 1. The van der Waals surface area contributed by atoms with Crippen LogP contribution in [0.5, 0.6) is 0 Å². The molecule has 1 saturated heterocycles. The van der Waals surface area contributed by atoms with Gasteiger partial charge in [-0.2, -0.15) is 4.52 Å². The van der Waals surface area contributed by atoms with Crippen molar-refractivity contribution in [1.82, 2.24) is 24.7 Å². The number of piperazine rings is 1. The van der Waals surface area contributed by atoms with Gasteiger partial charge in [-0.25, -0.2) is 0 Å². The predicted octanol–water partition coefficient (Wildman–Crippen LogP) is 1.09. The Labute approximate surface area is 133 Å². The number of anilines is 1. The lowest BCUT2D eigenvalue weighted by Gasteiger charge is -2.35. The third-order valence-electron chi connectivity index (χ3n) is 4.06. The topological polar surface area (TPSA) is 66.6 Å². The smallest absolute Gasteiger partial charge is 0.253 e. The van der Waals surface area contributed by atoms with Gasteiger partial charge < -0.3 is 9.80 Å². The second-order valence-corrected chi connectivity index (χ2v) is 5.47. The molecule has 4 rings (SSSR count). The van der Waals surface area contributed by atoms with Crippen molar-refractivity contribution in [3.8, 4) is 0 Å². The molecule has 0 N–H and O–H groups in total. The number of amides is 1. The number of hydrogen-bond acceptors (Lipinski definition) is 5. The summed E-state index contributed by atoms with van der Waals surface area (Å²) in [7, 11) is 0. The summed E-state index contributed by atoms with van der Waals surface area (Å²) < 4.78 is 1.66. The number of carbonyl (C=O) groups is 1. The van der Waals surface area contributed by atoms with Crippen LogP contribution in [-0.4, -0.2) is 56.8 Å². The molecule has 0 bridgehead atoms. The molecule has 7 heteroatoms. The van der Waals surface area contributed by atoms with Gasteiger partial charge in [-0.1, -0.05) is 18.2 Å². The first-order chi connectivity index (χ1) is 11.3. The Balaban J connectivity index is 1.45. The van der Waals surface area contributed by atoms with Crippen LogP contribution in [0.25, 0.3) is 5.65 Å². The van der Waals surface area contributed by atoms with Crippen molar-refractivity contribution in [3.05, 3.63) is 54.4 Å². The average Bonchev–Trinajstić information content (AvgIpc) is 3.10. The maximum absolute atomic E-state index is 12.5. The molecule has 2 aromatic heterocycles. The van der Waals surface area contributed by atoms with Crippen molar-refractivity contribution < 1.29 is 4.79 Å². The van der Waals surface area contributed by atoms with E-state index in [1.807, 2.05) is 47.4 Å². The van der Waals surface area contributed by atoms with Crippen LogP contribution in [0.15, 0.2) is 48.8 Å². The Morgan fingerprint density at radius 3 is 2.52 bits per heavy atom. The Morgan fingerprint density at radius 2 is 1.74 bits per heavy atom. The molecule has 3 aromatic rings. The van der Waals surface area contributed by atoms with Gasteiger partial charge in [-0.15, -0.1) is 15.3 Å². The first-order valence-electron chi connectivity index (χ1n) is 7.57. The summed E-state index contributed by atoms with van der Waals surface area (Å²) >= 11 is 0. The maximum atomic E-state index is 12.5. The minimum absolute atomic E-state index is 0.0903. The molecule has 0 unspecified atom stereocenters. The van der Waals surface area contributed by atoms with Gasteiger partial charge in [-0.05, 0) is 24.3 Å². The van der Waals surface area contributed by atoms with Crippen LogP contribution in [0, 0.1) is 0 Å². The monoisotopic (exact) mass is 308 g/mol. The maximum Gasteiger partial charge on any atom is 0.253 e. The Kier molecular flexibility index (Phi) is 3.38. The highest BCUT2D eigenvalue weighted by Crippen LogP contribution is 2.15. The zero-order valence-corrected chi connectivity index (χ0v) is 12.5. The van der Waals surface area contributed by atoms with Crippen LogP contribution in [-0.2, 0) is 0 Å². The summed E-state index contributed by atoms with van der Waals surface area (Å²) in [6, 6.07) is 13.3. The van der Waals surface area contributed by atoms with Crippen LogP contribution in [0.3, 0.4) is 0 Å². The van der Waals surface area contributed by atoms with E-state index in [2.05, 4.69) is 20.2 Å². The normalized spacial score (nSPS) is 15.1. The quantitative estimate of drug-likeness (QED) is 0.709. The molecule has 3 heterocycles. The fourth-order valence-electron chi connectivity index (χ4n) is 2.79. The standard InChI is InChI=1S/C16H16N6O/c23-16(13-4-2-1-3-5-13)21-10-8-20(9-11-21)15-7-6-14-18-17-12-22(14)19-15/h1-7,12H,8-11H2. The minimum atomic E-state index is 0.0903. The molecule has 1 amide bonds. The van der Waals surface area contributed by atoms with Crippen LogP contribution in [0.1, 0.15) is 10.4 Å². The Morgan fingerprint density at radius 1 is 0.957 bits per heavy atom. The first-order valence-corrected chi connectivity index (χ1v) is 7.57. The third kappa shape index (κ3) is 2.61. The molecule has 0 atom stereocenters. The molecule has 1 aromatic carbocycles. The number of fused-ring (bicyclic) bond motifs is 1. The van der Waals surface area contributed by atoms with Gasteiger partial charge in [0.25, 0.3) is 5.91 Å². The van der Waals surface area contributed by atoms with Crippen LogP contribution in [0.4, 0.5) is 5.82 Å². The van der Waals surface area contributed by atoms with Crippen molar-refractivity contribution in [2.75, 3.05) is 31.1 Å². The van der Waals surface area contributed by atoms with E-state index in [4.69, 9.17) is 0 Å². The van der Waals surface area contributed by atoms with E-state index in [1.165, 1.54) is 0 Å². The summed E-state index contributed by atoms with van der Waals surface area (Å²) in [6.45, 7) is 2.91. The lowest BCUT2D eigenvalue weighted by atomic mass is 10.2. The van der Waals surface area contributed by atoms with Gasteiger partial charge in [0.15, 0.2) is 5.65 Å². The predicted molar refractivity (Wildman–Crippen MR) is 85.3 cm³/mol. The van der Waals surface area contributed by atoms with Gasteiger partial charge in [0.1, 0.15) is 12.1 Å². The van der Waals surface area contributed by atoms with E-state index >= 15 is 0 Å². The molecule has 116 valence electrons. The van der Waals surface area contributed by atoms with Gasteiger partial charge in [0.05, 0.1) is 0 Å². The third-order valence-corrected chi connectivity index (χ3v) is 4.06. The molecule has 0 spiro atoms. The fourth-order valence-corrected chi connectivity index (χ4v) is 2.79. The summed E-state index contributed by atoms with van der Waals surface area (Å²) in [5.41, 5.74) is 1.47. The summed E-state index contributed by atoms with van der Waals surface area (Å²) in [5.74, 6) is 0.969. The van der Waals surface area contributed by atoms with E-state index in [-0.39, 0.29) is 5.91 Å². The van der Waals surface area contributed by atoms with Crippen molar-refractivity contribution in [1.29, 1.82) is 0 Å². The zero-order valence-electron chi connectivity index (χ0n) is 12.5. The van der Waals surface area contributed by atoms with Crippen molar-refractivity contribution in [3.63, 3.8) is 0 Å². The second-order valence-electron chi connectivity index (χ2n) is 5.47. The van der Waals surface area contributed by atoms with Gasteiger partial charge in [0.2, 0.25) is 0 Å². The number of rotatable bonds is 2. The van der Waals surface area contributed by atoms with Crippen LogP contribution in [0.2, 0.25) is 0 Å². The van der Waals surface area contributed by atoms with E-state index < -0.39 is 0 Å². The minimum Gasteiger partial charge on any atom is -0.352 e. The fraction of sp³-hybridized carbons (Fsp3) is 0.250. The zero-order chi connectivity index (χ0) is 15.6. The molecule has 0 saturated carbocycles. The van der Waals surface area contributed by atoms with Gasteiger partial charge in [0, 0.05) is 31.7 Å². The highest BCUT2D eigenvalue weighted by molar-refractivity contribution is 5.94. The Hall–Kier alpha value is -2.96. The SMILES string of the molecule is O=C(c1ccccc1)N1CCN(c2ccc3nncn3n2)CC1. The van der Waals surface area contributed by atoms with Crippen LogP contribution < -0.4 is 4.90 Å². The van der Waals surface area contributed by atoms with Crippen molar-refractivity contribution in [2.45, 2.75) is 0 Å². The molecular weight excluding hydrogens is 292 g/mol.